The molecule has 2 atom stereocenters. The number of aliphatic hydroxyl groups is 1. The Balaban J connectivity index is 1.86. The van der Waals surface area contributed by atoms with Crippen LogP contribution in [0.25, 0.3) is 0 Å². The molecule has 2 unspecified atom stereocenters. The van der Waals surface area contributed by atoms with Gasteiger partial charge in [0.15, 0.2) is 0 Å². The van der Waals surface area contributed by atoms with Gasteiger partial charge in [-0.05, 0) is 25.2 Å². The Hall–Kier alpha value is -0.830. The third kappa shape index (κ3) is 2.85. The molecule has 0 bridgehead atoms. The molecule has 0 aliphatic heterocycles. The number of imidazole rings is 1. The van der Waals surface area contributed by atoms with Crippen molar-refractivity contribution in [1.82, 2.24) is 9.55 Å². The van der Waals surface area contributed by atoms with Gasteiger partial charge >= 0.3 is 0 Å². The summed E-state index contributed by atoms with van der Waals surface area (Å²) in [5.74, 6) is 1.62. The van der Waals surface area contributed by atoms with E-state index in [0.29, 0.717) is 5.92 Å². The Morgan fingerprint density at radius 1 is 1.38 bits per heavy atom. The van der Waals surface area contributed by atoms with E-state index in [2.05, 4.69) is 9.55 Å². The topological polar surface area (TPSA) is 38.0 Å². The van der Waals surface area contributed by atoms with Crippen LogP contribution in [-0.4, -0.2) is 20.8 Å². The zero-order chi connectivity index (χ0) is 11.4. The highest BCUT2D eigenvalue weighted by molar-refractivity contribution is 4.92. The van der Waals surface area contributed by atoms with Crippen LogP contribution < -0.4 is 0 Å². The summed E-state index contributed by atoms with van der Waals surface area (Å²) in [6.45, 7) is 0. The Bertz CT molecular complexity index is 321. The molecular formula is C13H22N2O. The summed E-state index contributed by atoms with van der Waals surface area (Å²) in [5, 5.41) is 10.0. The summed E-state index contributed by atoms with van der Waals surface area (Å²) in [7, 11) is 2.03. The average Bonchev–Trinajstić information content (AvgIpc) is 2.56. The Labute approximate surface area is 97.5 Å². The monoisotopic (exact) mass is 222 g/mol. The van der Waals surface area contributed by atoms with Crippen molar-refractivity contribution in [3.05, 3.63) is 18.2 Å². The van der Waals surface area contributed by atoms with Gasteiger partial charge in [0.2, 0.25) is 0 Å². The van der Waals surface area contributed by atoms with Crippen molar-refractivity contribution in [3.8, 4) is 0 Å². The van der Waals surface area contributed by atoms with Gasteiger partial charge in [-0.15, -0.1) is 0 Å². The molecule has 0 saturated heterocycles. The highest BCUT2D eigenvalue weighted by Crippen LogP contribution is 2.26. The number of nitrogens with zero attached hydrogens (tertiary/aromatic N) is 2. The van der Waals surface area contributed by atoms with E-state index in [0.717, 1.165) is 25.1 Å². The number of aryl methyl sites for hydroxylation is 2. The largest absolute Gasteiger partial charge is 0.393 e. The first kappa shape index (κ1) is 11.6. The van der Waals surface area contributed by atoms with Crippen molar-refractivity contribution in [2.75, 3.05) is 0 Å². The normalized spacial score (nSPS) is 26.6. The smallest absolute Gasteiger partial charge is 0.108 e. The molecule has 1 aromatic heterocycles. The molecular weight excluding hydrogens is 200 g/mol. The molecule has 90 valence electrons. The van der Waals surface area contributed by atoms with E-state index in [4.69, 9.17) is 0 Å². The van der Waals surface area contributed by atoms with Gasteiger partial charge < -0.3 is 9.67 Å². The fraction of sp³-hybridized carbons (Fsp3) is 0.769. The molecule has 0 amide bonds. The standard InChI is InChI=1S/C13H22N2O/c1-15-10-9-14-13(15)8-7-11-5-3-2-4-6-12(11)16/h9-12,16H,2-8H2,1H3. The van der Waals surface area contributed by atoms with Crippen molar-refractivity contribution in [1.29, 1.82) is 0 Å². The lowest BCUT2D eigenvalue weighted by Gasteiger charge is -2.19. The number of aliphatic hydroxyl groups excluding tert-OH is 1. The summed E-state index contributed by atoms with van der Waals surface area (Å²) in [5.41, 5.74) is 0. The van der Waals surface area contributed by atoms with Crippen LogP contribution >= 0.6 is 0 Å². The third-order valence-electron chi connectivity index (χ3n) is 3.78. The molecule has 1 aliphatic rings. The highest BCUT2D eigenvalue weighted by atomic mass is 16.3. The zero-order valence-corrected chi connectivity index (χ0v) is 10.1. The summed E-state index contributed by atoms with van der Waals surface area (Å²) < 4.78 is 2.07. The average molecular weight is 222 g/mol. The zero-order valence-electron chi connectivity index (χ0n) is 10.1. The SMILES string of the molecule is Cn1ccnc1CCC1CCCCCC1O. The van der Waals surface area contributed by atoms with Gasteiger partial charge in [0, 0.05) is 25.9 Å². The summed E-state index contributed by atoms with van der Waals surface area (Å²) in [4.78, 5) is 4.33. The van der Waals surface area contributed by atoms with Crippen molar-refractivity contribution >= 4 is 0 Å². The van der Waals surface area contributed by atoms with E-state index in [1.54, 1.807) is 0 Å². The van der Waals surface area contributed by atoms with Crippen LogP contribution in [0.1, 0.15) is 44.3 Å². The lowest BCUT2D eigenvalue weighted by molar-refractivity contribution is 0.0956. The fourth-order valence-corrected chi connectivity index (χ4v) is 2.65. The first-order chi connectivity index (χ1) is 7.77. The third-order valence-corrected chi connectivity index (χ3v) is 3.78. The van der Waals surface area contributed by atoms with E-state index in [9.17, 15) is 5.11 Å². The van der Waals surface area contributed by atoms with Gasteiger partial charge in [-0.25, -0.2) is 4.98 Å². The van der Waals surface area contributed by atoms with E-state index in [-0.39, 0.29) is 6.10 Å². The van der Waals surface area contributed by atoms with Crippen LogP contribution in [0, 0.1) is 5.92 Å². The van der Waals surface area contributed by atoms with Crippen LogP contribution in [-0.2, 0) is 13.5 Å². The van der Waals surface area contributed by atoms with Crippen molar-refractivity contribution in [3.63, 3.8) is 0 Å². The number of rotatable bonds is 3. The molecule has 1 aromatic rings. The minimum atomic E-state index is -0.0808. The summed E-state index contributed by atoms with van der Waals surface area (Å²) >= 11 is 0. The van der Waals surface area contributed by atoms with Crippen molar-refractivity contribution in [2.45, 2.75) is 51.0 Å². The highest BCUT2D eigenvalue weighted by Gasteiger charge is 2.21. The fourth-order valence-electron chi connectivity index (χ4n) is 2.65. The number of aromatic nitrogens is 2. The van der Waals surface area contributed by atoms with Gasteiger partial charge in [-0.3, -0.25) is 0 Å². The van der Waals surface area contributed by atoms with Crippen LogP contribution in [0.2, 0.25) is 0 Å². The maximum atomic E-state index is 10.0. The predicted octanol–water partition coefficient (Wildman–Crippen LogP) is 2.29. The van der Waals surface area contributed by atoms with Crippen LogP contribution in [0.5, 0.6) is 0 Å². The number of hydrogen-bond acceptors (Lipinski definition) is 2. The Kier molecular flexibility index (Phi) is 3.99. The molecule has 16 heavy (non-hydrogen) atoms. The maximum Gasteiger partial charge on any atom is 0.108 e. The molecule has 1 fully saturated rings. The van der Waals surface area contributed by atoms with Crippen LogP contribution in [0.3, 0.4) is 0 Å². The van der Waals surface area contributed by atoms with Gasteiger partial charge in [0.05, 0.1) is 6.10 Å². The van der Waals surface area contributed by atoms with Crippen molar-refractivity contribution < 1.29 is 5.11 Å². The second kappa shape index (κ2) is 5.48. The molecule has 1 N–H and O–H groups in total. The first-order valence-corrected chi connectivity index (χ1v) is 6.41. The second-order valence-electron chi connectivity index (χ2n) is 4.96. The molecule has 0 radical (unpaired) electrons. The maximum absolute atomic E-state index is 10.0. The summed E-state index contributed by atoms with van der Waals surface area (Å²) in [6, 6.07) is 0. The Morgan fingerprint density at radius 2 is 2.19 bits per heavy atom. The van der Waals surface area contributed by atoms with Gasteiger partial charge in [0.1, 0.15) is 5.82 Å². The lowest BCUT2D eigenvalue weighted by atomic mass is 9.92. The van der Waals surface area contributed by atoms with Gasteiger partial charge in [-0.1, -0.05) is 19.3 Å². The molecule has 0 spiro atoms. The molecule has 1 heterocycles. The van der Waals surface area contributed by atoms with Gasteiger partial charge in [0.25, 0.3) is 0 Å². The predicted molar refractivity (Wildman–Crippen MR) is 64.1 cm³/mol. The Morgan fingerprint density at radius 3 is 2.94 bits per heavy atom. The van der Waals surface area contributed by atoms with Crippen molar-refractivity contribution in [2.24, 2.45) is 13.0 Å². The first-order valence-electron chi connectivity index (χ1n) is 6.41. The minimum Gasteiger partial charge on any atom is -0.393 e. The number of hydrogen-bond donors (Lipinski definition) is 1. The van der Waals surface area contributed by atoms with Crippen LogP contribution in [0.15, 0.2) is 12.4 Å². The molecule has 3 heteroatoms. The van der Waals surface area contributed by atoms with E-state index in [1.165, 1.54) is 25.7 Å². The minimum absolute atomic E-state index is 0.0808. The molecule has 3 nitrogen and oxygen atoms in total. The van der Waals surface area contributed by atoms with E-state index in [1.807, 2.05) is 19.4 Å². The molecule has 1 saturated carbocycles. The lowest BCUT2D eigenvalue weighted by Crippen LogP contribution is -2.19. The van der Waals surface area contributed by atoms with E-state index >= 15 is 0 Å². The molecule has 0 aromatic carbocycles. The van der Waals surface area contributed by atoms with E-state index < -0.39 is 0 Å². The van der Waals surface area contributed by atoms with Gasteiger partial charge in [-0.2, -0.15) is 0 Å². The molecule has 1 aliphatic carbocycles. The quantitative estimate of drug-likeness (QED) is 0.797. The van der Waals surface area contributed by atoms with Crippen LogP contribution in [0.4, 0.5) is 0 Å². The molecule has 2 rings (SSSR count). The summed E-state index contributed by atoms with van der Waals surface area (Å²) in [6.07, 6.45) is 11.8. The second-order valence-corrected chi connectivity index (χ2v) is 4.96.